The first kappa shape index (κ1) is 20.3. The van der Waals surface area contributed by atoms with Crippen molar-refractivity contribution in [2.75, 3.05) is 10.2 Å². The molecule has 0 saturated carbocycles. The van der Waals surface area contributed by atoms with Crippen LogP contribution in [0.15, 0.2) is 88.2 Å². The number of hydrogen-bond acceptors (Lipinski definition) is 6. The van der Waals surface area contributed by atoms with Crippen molar-refractivity contribution in [2.24, 2.45) is 0 Å². The van der Waals surface area contributed by atoms with Gasteiger partial charge in [-0.1, -0.05) is 35.5 Å². The third-order valence-corrected chi connectivity index (χ3v) is 6.71. The van der Waals surface area contributed by atoms with Crippen molar-refractivity contribution in [1.29, 1.82) is 0 Å². The maximum Gasteiger partial charge on any atom is 0.272 e. The molecule has 158 valence electrons. The zero-order chi connectivity index (χ0) is 22.4. The molecular weight excluding hydrogens is 450 g/mol. The Labute approximate surface area is 191 Å². The standard InChI is InChI=1S/C23H14ClN3O4S/c24-14-7-11-15(12-8-14)26-22(28)19-20(13-5-9-16(10-6-13)27(30)31)25-17-3-1-2-4-18(17)32-21(19)23(26)29/h1-12,20,25H/t20-/m0/s1. The van der Waals surface area contributed by atoms with Crippen LogP contribution < -0.4 is 10.2 Å². The Morgan fingerprint density at radius 1 is 0.938 bits per heavy atom. The summed E-state index contributed by atoms with van der Waals surface area (Å²) in [4.78, 5) is 39.8. The van der Waals surface area contributed by atoms with Crippen LogP contribution in [0, 0.1) is 10.1 Å². The third kappa shape index (κ3) is 3.34. The molecule has 0 spiro atoms. The number of para-hydroxylation sites is 1. The Morgan fingerprint density at radius 3 is 2.31 bits per heavy atom. The zero-order valence-corrected chi connectivity index (χ0v) is 17.9. The number of imide groups is 1. The van der Waals surface area contributed by atoms with E-state index in [0.29, 0.717) is 26.8 Å². The van der Waals surface area contributed by atoms with Crippen LogP contribution in [-0.2, 0) is 9.59 Å². The second kappa shape index (κ2) is 7.81. The van der Waals surface area contributed by atoms with Crippen molar-refractivity contribution in [3.05, 3.63) is 104 Å². The number of carbonyl (C=O) groups is 2. The topological polar surface area (TPSA) is 92.5 Å². The van der Waals surface area contributed by atoms with Crippen molar-refractivity contribution < 1.29 is 14.5 Å². The van der Waals surface area contributed by atoms with Crippen LogP contribution in [0.4, 0.5) is 17.1 Å². The summed E-state index contributed by atoms with van der Waals surface area (Å²) in [6, 6.07) is 19.3. The number of rotatable bonds is 3. The van der Waals surface area contributed by atoms with Crippen molar-refractivity contribution in [2.45, 2.75) is 10.9 Å². The predicted molar refractivity (Wildman–Crippen MR) is 123 cm³/mol. The van der Waals surface area contributed by atoms with Crippen LogP contribution in [-0.4, -0.2) is 16.7 Å². The van der Waals surface area contributed by atoms with Crippen LogP contribution in [0.25, 0.3) is 0 Å². The maximum absolute atomic E-state index is 13.6. The summed E-state index contributed by atoms with van der Waals surface area (Å²) in [6.45, 7) is 0. The lowest BCUT2D eigenvalue weighted by Crippen LogP contribution is -2.33. The quantitative estimate of drug-likeness (QED) is 0.320. The average Bonchev–Trinajstić information content (AvgIpc) is 2.94. The molecule has 2 aliphatic rings. The van der Waals surface area contributed by atoms with Gasteiger partial charge in [-0.15, -0.1) is 0 Å². The molecule has 7 nitrogen and oxygen atoms in total. The number of nitrogens with zero attached hydrogens (tertiary/aromatic N) is 2. The number of non-ortho nitro benzene ring substituents is 1. The molecule has 32 heavy (non-hydrogen) atoms. The molecule has 1 N–H and O–H groups in total. The summed E-state index contributed by atoms with van der Waals surface area (Å²) < 4.78 is 0. The second-order valence-corrected chi connectivity index (χ2v) is 8.68. The fourth-order valence-electron chi connectivity index (χ4n) is 3.76. The Morgan fingerprint density at radius 2 is 1.62 bits per heavy atom. The average molecular weight is 464 g/mol. The Balaban J connectivity index is 1.63. The van der Waals surface area contributed by atoms with Crippen molar-refractivity contribution >= 4 is 52.2 Å². The minimum Gasteiger partial charge on any atom is -0.373 e. The number of carbonyl (C=O) groups excluding carboxylic acids is 2. The highest BCUT2D eigenvalue weighted by molar-refractivity contribution is 8.04. The molecule has 0 saturated heterocycles. The number of nitro benzene ring substituents is 1. The first-order valence-electron chi connectivity index (χ1n) is 9.60. The van der Waals surface area contributed by atoms with Crippen LogP contribution in [0.3, 0.4) is 0 Å². The van der Waals surface area contributed by atoms with Gasteiger partial charge in [-0.3, -0.25) is 19.7 Å². The van der Waals surface area contributed by atoms with Crippen LogP contribution in [0.5, 0.6) is 0 Å². The number of fused-ring (bicyclic) bond motifs is 1. The molecule has 2 heterocycles. The monoisotopic (exact) mass is 463 g/mol. The molecule has 0 aromatic heterocycles. The van der Waals surface area contributed by atoms with Gasteiger partial charge in [0.2, 0.25) is 0 Å². The van der Waals surface area contributed by atoms with Crippen molar-refractivity contribution in [3.8, 4) is 0 Å². The van der Waals surface area contributed by atoms with E-state index in [1.165, 1.54) is 23.9 Å². The number of nitro groups is 1. The highest BCUT2D eigenvalue weighted by Crippen LogP contribution is 2.48. The van der Waals surface area contributed by atoms with Gasteiger partial charge < -0.3 is 5.32 Å². The Hall–Kier alpha value is -3.62. The molecule has 3 aromatic carbocycles. The predicted octanol–water partition coefficient (Wildman–Crippen LogP) is 5.33. The smallest absolute Gasteiger partial charge is 0.272 e. The molecule has 0 bridgehead atoms. The molecule has 5 rings (SSSR count). The molecule has 2 amide bonds. The van der Waals surface area contributed by atoms with E-state index in [1.807, 2.05) is 24.3 Å². The molecule has 0 radical (unpaired) electrons. The molecule has 0 unspecified atom stereocenters. The summed E-state index contributed by atoms with van der Waals surface area (Å²) in [5.74, 6) is -0.855. The third-order valence-electron chi connectivity index (χ3n) is 5.29. The van der Waals surface area contributed by atoms with Gasteiger partial charge in [-0.25, -0.2) is 4.90 Å². The lowest BCUT2D eigenvalue weighted by molar-refractivity contribution is -0.384. The van der Waals surface area contributed by atoms with Gasteiger partial charge in [0.25, 0.3) is 17.5 Å². The van der Waals surface area contributed by atoms with Gasteiger partial charge in [0.1, 0.15) is 0 Å². The Bertz CT molecular complexity index is 1310. The molecular formula is C23H14ClN3O4S. The van der Waals surface area contributed by atoms with E-state index in [0.717, 1.165) is 15.5 Å². The van der Waals surface area contributed by atoms with E-state index in [2.05, 4.69) is 5.32 Å². The highest BCUT2D eigenvalue weighted by atomic mass is 35.5. The molecule has 9 heteroatoms. The number of anilines is 2. The molecule has 0 fully saturated rings. The molecule has 1 atom stereocenters. The lowest BCUT2D eigenvalue weighted by Gasteiger charge is -2.22. The van der Waals surface area contributed by atoms with Crippen molar-refractivity contribution in [1.82, 2.24) is 0 Å². The zero-order valence-electron chi connectivity index (χ0n) is 16.3. The summed E-state index contributed by atoms with van der Waals surface area (Å²) in [6.07, 6.45) is 0. The number of halogens is 1. The summed E-state index contributed by atoms with van der Waals surface area (Å²) >= 11 is 7.21. The van der Waals surface area contributed by atoms with Crippen LogP contribution in [0.1, 0.15) is 11.6 Å². The summed E-state index contributed by atoms with van der Waals surface area (Å²) in [5, 5.41) is 14.9. The minimum absolute atomic E-state index is 0.0528. The van der Waals surface area contributed by atoms with Gasteiger partial charge in [0, 0.05) is 27.7 Å². The fraction of sp³-hybridized carbons (Fsp3) is 0.0435. The number of benzene rings is 3. The van der Waals surface area contributed by atoms with Crippen LogP contribution in [0.2, 0.25) is 5.02 Å². The van der Waals surface area contributed by atoms with E-state index in [9.17, 15) is 19.7 Å². The van der Waals surface area contributed by atoms with Gasteiger partial charge in [0.15, 0.2) is 0 Å². The van der Waals surface area contributed by atoms with E-state index in [4.69, 9.17) is 11.6 Å². The number of amides is 2. The maximum atomic E-state index is 13.6. The largest absolute Gasteiger partial charge is 0.373 e. The first-order chi connectivity index (χ1) is 15.4. The number of nitrogens with one attached hydrogen (secondary N) is 1. The van der Waals surface area contributed by atoms with Crippen molar-refractivity contribution in [3.63, 3.8) is 0 Å². The Kier molecular flexibility index (Phi) is 4.96. The normalized spacial score (nSPS) is 17.5. The lowest BCUT2D eigenvalue weighted by atomic mass is 9.97. The SMILES string of the molecule is O=C1C2=C(C(=O)N1c1ccc(Cl)cc1)[C@H](c1ccc([N+](=O)[O-])cc1)Nc1ccccc1S2. The molecule has 0 aliphatic carbocycles. The van der Waals surface area contributed by atoms with Crippen LogP contribution >= 0.6 is 23.4 Å². The second-order valence-electron chi connectivity index (χ2n) is 7.19. The first-order valence-corrected chi connectivity index (χ1v) is 10.8. The van der Waals surface area contributed by atoms with E-state index in [-0.39, 0.29) is 5.69 Å². The number of hydrogen-bond donors (Lipinski definition) is 1. The minimum atomic E-state index is -0.657. The molecule has 3 aromatic rings. The van der Waals surface area contributed by atoms with Gasteiger partial charge in [0.05, 0.1) is 27.1 Å². The van der Waals surface area contributed by atoms with Gasteiger partial charge >= 0.3 is 0 Å². The van der Waals surface area contributed by atoms with E-state index >= 15 is 0 Å². The number of thioether (sulfide) groups is 1. The fourth-order valence-corrected chi connectivity index (χ4v) is 4.98. The van der Waals surface area contributed by atoms with Gasteiger partial charge in [-0.05, 0) is 54.1 Å². The van der Waals surface area contributed by atoms with Gasteiger partial charge in [-0.2, -0.15) is 0 Å². The molecule has 2 aliphatic heterocycles. The summed E-state index contributed by atoms with van der Waals surface area (Å²) in [7, 11) is 0. The van der Waals surface area contributed by atoms with E-state index < -0.39 is 22.8 Å². The summed E-state index contributed by atoms with van der Waals surface area (Å²) in [5.41, 5.74) is 2.09. The highest BCUT2D eigenvalue weighted by Gasteiger charge is 2.45. The van der Waals surface area contributed by atoms with E-state index in [1.54, 1.807) is 36.4 Å².